The average molecular weight is 247 g/mol. The second-order valence-electron chi connectivity index (χ2n) is 6.21. The second-order valence-corrected chi connectivity index (χ2v) is 6.21. The van der Waals surface area contributed by atoms with Crippen LogP contribution >= 0.6 is 0 Å². The van der Waals surface area contributed by atoms with Crippen LogP contribution in [0.15, 0.2) is 6.07 Å². The van der Waals surface area contributed by atoms with Gasteiger partial charge in [-0.3, -0.25) is 0 Å². The molecule has 1 rings (SSSR count). The van der Waals surface area contributed by atoms with Gasteiger partial charge in [-0.05, 0) is 36.4 Å². The van der Waals surface area contributed by atoms with Crippen molar-refractivity contribution in [3.05, 3.63) is 23.0 Å². The average Bonchev–Trinajstić information content (AvgIpc) is 2.55. The van der Waals surface area contributed by atoms with E-state index in [2.05, 4.69) is 46.0 Å². The van der Waals surface area contributed by atoms with Gasteiger partial charge in [0.15, 0.2) is 0 Å². The van der Waals surface area contributed by atoms with Crippen molar-refractivity contribution in [3.8, 4) is 6.07 Å². The molecule has 0 saturated carbocycles. The minimum atomic E-state index is 0.330. The number of hydrogen-bond acceptors (Lipinski definition) is 2. The van der Waals surface area contributed by atoms with E-state index in [4.69, 9.17) is 5.26 Å². The number of nitriles is 1. The van der Waals surface area contributed by atoms with Gasteiger partial charge in [-0.1, -0.05) is 27.7 Å². The number of nitrogens with one attached hydrogen (secondary N) is 1. The molecule has 3 heteroatoms. The van der Waals surface area contributed by atoms with E-state index in [-0.39, 0.29) is 0 Å². The maximum absolute atomic E-state index is 8.99. The van der Waals surface area contributed by atoms with Crippen molar-refractivity contribution in [2.75, 3.05) is 6.54 Å². The Balaban J connectivity index is 2.58. The van der Waals surface area contributed by atoms with E-state index in [1.54, 1.807) is 0 Å². The van der Waals surface area contributed by atoms with E-state index in [1.807, 2.05) is 17.7 Å². The van der Waals surface area contributed by atoms with Crippen molar-refractivity contribution in [3.63, 3.8) is 0 Å². The van der Waals surface area contributed by atoms with Gasteiger partial charge in [0.1, 0.15) is 11.8 Å². The Labute approximate surface area is 111 Å². The Bertz CT molecular complexity index is 444. The Morgan fingerprint density at radius 3 is 2.50 bits per heavy atom. The summed E-state index contributed by atoms with van der Waals surface area (Å²) in [6.45, 7) is 13.0. The molecule has 18 heavy (non-hydrogen) atoms. The molecule has 1 N–H and O–H groups in total. The maximum atomic E-state index is 8.99. The molecule has 0 radical (unpaired) electrons. The standard InChI is InChI=1S/C15H25N3/c1-11(15(3,4)5)9-17-10-13-7-14(8-16)18(6)12(13)2/h7,11,17H,9-10H2,1-6H3. The summed E-state index contributed by atoms with van der Waals surface area (Å²) in [7, 11) is 1.94. The molecule has 1 atom stereocenters. The number of aromatic nitrogens is 1. The molecule has 0 fully saturated rings. The zero-order valence-corrected chi connectivity index (χ0v) is 12.5. The molecule has 0 aromatic carbocycles. The van der Waals surface area contributed by atoms with E-state index in [1.165, 1.54) is 11.3 Å². The lowest BCUT2D eigenvalue weighted by Crippen LogP contribution is -2.29. The van der Waals surface area contributed by atoms with Crippen LogP contribution in [0.25, 0.3) is 0 Å². The van der Waals surface area contributed by atoms with Crippen LogP contribution in [0.3, 0.4) is 0 Å². The van der Waals surface area contributed by atoms with Gasteiger partial charge < -0.3 is 9.88 Å². The summed E-state index contributed by atoms with van der Waals surface area (Å²) in [6, 6.07) is 4.19. The van der Waals surface area contributed by atoms with Crippen LogP contribution < -0.4 is 5.32 Å². The van der Waals surface area contributed by atoms with Crippen molar-refractivity contribution >= 4 is 0 Å². The molecule has 0 amide bonds. The van der Waals surface area contributed by atoms with E-state index in [0.29, 0.717) is 11.3 Å². The molecule has 1 aromatic rings. The summed E-state index contributed by atoms with van der Waals surface area (Å²) in [5, 5.41) is 12.5. The third kappa shape index (κ3) is 3.36. The van der Waals surface area contributed by atoms with Crippen LogP contribution in [0.4, 0.5) is 0 Å². The topological polar surface area (TPSA) is 40.8 Å². The number of rotatable bonds is 4. The molecule has 0 aliphatic carbocycles. The fourth-order valence-electron chi connectivity index (χ4n) is 1.78. The monoisotopic (exact) mass is 247 g/mol. The Morgan fingerprint density at radius 2 is 2.06 bits per heavy atom. The van der Waals surface area contributed by atoms with Gasteiger partial charge in [-0.15, -0.1) is 0 Å². The van der Waals surface area contributed by atoms with Gasteiger partial charge in [0.25, 0.3) is 0 Å². The Kier molecular flexibility index (Phi) is 4.59. The van der Waals surface area contributed by atoms with Crippen molar-refractivity contribution < 1.29 is 0 Å². The lowest BCUT2D eigenvalue weighted by atomic mass is 9.82. The first-order valence-electron chi connectivity index (χ1n) is 6.53. The maximum Gasteiger partial charge on any atom is 0.120 e. The third-order valence-corrected chi connectivity index (χ3v) is 4.00. The summed E-state index contributed by atoms with van der Waals surface area (Å²) in [5.41, 5.74) is 3.45. The molecule has 3 nitrogen and oxygen atoms in total. The fourth-order valence-corrected chi connectivity index (χ4v) is 1.78. The van der Waals surface area contributed by atoms with E-state index >= 15 is 0 Å². The van der Waals surface area contributed by atoms with Crippen LogP contribution in [-0.2, 0) is 13.6 Å². The first-order valence-corrected chi connectivity index (χ1v) is 6.53. The van der Waals surface area contributed by atoms with E-state index in [9.17, 15) is 0 Å². The van der Waals surface area contributed by atoms with Crippen LogP contribution in [-0.4, -0.2) is 11.1 Å². The van der Waals surface area contributed by atoms with E-state index in [0.717, 1.165) is 18.8 Å². The largest absolute Gasteiger partial charge is 0.340 e. The predicted octanol–water partition coefficient (Wildman–Crippen LogP) is 2.98. The molecule has 0 spiro atoms. The molecular formula is C15H25N3. The van der Waals surface area contributed by atoms with Gasteiger partial charge >= 0.3 is 0 Å². The molecule has 1 heterocycles. The molecule has 100 valence electrons. The summed E-state index contributed by atoms with van der Waals surface area (Å²) in [4.78, 5) is 0. The molecule has 0 bridgehead atoms. The summed E-state index contributed by atoms with van der Waals surface area (Å²) in [6.07, 6.45) is 0. The minimum absolute atomic E-state index is 0.330. The van der Waals surface area contributed by atoms with Crippen molar-refractivity contribution in [2.45, 2.75) is 41.2 Å². The highest BCUT2D eigenvalue weighted by molar-refractivity contribution is 5.33. The molecule has 1 aromatic heterocycles. The Morgan fingerprint density at radius 1 is 1.44 bits per heavy atom. The number of hydrogen-bond donors (Lipinski definition) is 1. The first kappa shape index (κ1) is 14.8. The van der Waals surface area contributed by atoms with Gasteiger partial charge in [0.2, 0.25) is 0 Å². The predicted molar refractivity (Wildman–Crippen MR) is 75.2 cm³/mol. The molecule has 1 unspecified atom stereocenters. The Hall–Kier alpha value is -1.27. The first-order chi connectivity index (χ1) is 8.27. The lowest BCUT2D eigenvalue weighted by molar-refractivity contribution is 0.252. The molecule has 0 aliphatic heterocycles. The SMILES string of the molecule is Cc1c(CNCC(C)C(C)(C)C)cc(C#N)n1C. The smallest absolute Gasteiger partial charge is 0.120 e. The van der Waals surface area contributed by atoms with Crippen molar-refractivity contribution in [1.82, 2.24) is 9.88 Å². The molecule has 0 saturated heterocycles. The van der Waals surface area contributed by atoms with Crippen LogP contribution in [0, 0.1) is 29.6 Å². The fraction of sp³-hybridized carbons (Fsp3) is 0.667. The third-order valence-electron chi connectivity index (χ3n) is 4.00. The minimum Gasteiger partial charge on any atom is -0.340 e. The van der Waals surface area contributed by atoms with Crippen LogP contribution in [0.5, 0.6) is 0 Å². The van der Waals surface area contributed by atoms with Crippen LogP contribution in [0.1, 0.15) is 44.6 Å². The summed E-state index contributed by atoms with van der Waals surface area (Å²) < 4.78 is 1.95. The molecule has 0 aliphatic rings. The van der Waals surface area contributed by atoms with E-state index < -0.39 is 0 Å². The zero-order chi connectivity index (χ0) is 13.9. The van der Waals surface area contributed by atoms with Gasteiger partial charge in [-0.25, -0.2) is 0 Å². The normalized spacial score (nSPS) is 13.4. The highest BCUT2D eigenvalue weighted by Gasteiger charge is 2.19. The van der Waals surface area contributed by atoms with Gasteiger partial charge in [0.05, 0.1) is 0 Å². The highest BCUT2D eigenvalue weighted by Crippen LogP contribution is 2.24. The van der Waals surface area contributed by atoms with Crippen LogP contribution in [0.2, 0.25) is 0 Å². The lowest BCUT2D eigenvalue weighted by Gasteiger charge is -2.27. The van der Waals surface area contributed by atoms with Gasteiger partial charge in [0, 0.05) is 19.3 Å². The highest BCUT2D eigenvalue weighted by atomic mass is 15.0. The van der Waals surface area contributed by atoms with Crippen molar-refractivity contribution in [1.29, 1.82) is 5.26 Å². The quantitative estimate of drug-likeness (QED) is 0.888. The second kappa shape index (κ2) is 5.58. The summed E-state index contributed by atoms with van der Waals surface area (Å²) >= 11 is 0. The zero-order valence-electron chi connectivity index (χ0n) is 12.5. The number of nitrogens with zero attached hydrogens (tertiary/aromatic N) is 2. The van der Waals surface area contributed by atoms with Crippen molar-refractivity contribution in [2.24, 2.45) is 18.4 Å². The summed E-state index contributed by atoms with van der Waals surface area (Å²) in [5.74, 6) is 0.622. The molecular weight excluding hydrogens is 222 g/mol. The van der Waals surface area contributed by atoms with Gasteiger partial charge in [-0.2, -0.15) is 5.26 Å².